The molecule has 0 fully saturated rings. The summed E-state index contributed by atoms with van der Waals surface area (Å²) in [5.74, 6) is 1.22. The van der Waals surface area contributed by atoms with Crippen LogP contribution in [0.1, 0.15) is 5.69 Å². The number of rotatable bonds is 2. The molecule has 6 heteroatoms. The molecule has 0 aliphatic rings. The number of aryl methyl sites for hydroxylation is 1. The van der Waals surface area contributed by atoms with Gasteiger partial charge in [0.2, 0.25) is 5.95 Å². The van der Waals surface area contributed by atoms with Crippen LogP contribution in [0.2, 0.25) is 0 Å². The molecule has 3 rings (SSSR count). The second-order valence-electron chi connectivity index (χ2n) is 4.10. The average molecular weight is 253 g/mol. The van der Waals surface area contributed by atoms with E-state index in [9.17, 15) is 5.11 Å². The molecule has 19 heavy (non-hydrogen) atoms. The second kappa shape index (κ2) is 4.49. The molecule has 3 aromatic rings. The van der Waals surface area contributed by atoms with Crippen LogP contribution in [0.5, 0.6) is 5.75 Å². The van der Waals surface area contributed by atoms with Crippen molar-refractivity contribution in [1.29, 1.82) is 0 Å². The lowest BCUT2D eigenvalue weighted by atomic mass is 10.2. The van der Waals surface area contributed by atoms with Crippen LogP contribution in [0.3, 0.4) is 0 Å². The third-order valence-corrected chi connectivity index (χ3v) is 2.58. The molecule has 6 nitrogen and oxygen atoms in total. The fourth-order valence-corrected chi connectivity index (χ4v) is 1.65. The van der Waals surface area contributed by atoms with Gasteiger partial charge in [-0.3, -0.25) is 4.98 Å². The number of anilines is 2. The summed E-state index contributed by atoms with van der Waals surface area (Å²) in [5.41, 5.74) is 1.59. The summed E-state index contributed by atoms with van der Waals surface area (Å²) in [6.45, 7) is 1.87. The molecular formula is C13H11N5O. The van der Waals surface area contributed by atoms with Crippen LogP contribution in [0.15, 0.2) is 36.8 Å². The Kier molecular flexibility index (Phi) is 2.68. The molecule has 0 spiro atoms. The maximum absolute atomic E-state index is 9.37. The van der Waals surface area contributed by atoms with Gasteiger partial charge in [0.05, 0.1) is 23.6 Å². The van der Waals surface area contributed by atoms with Gasteiger partial charge in [0.25, 0.3) is 0 Å². The third kappa shape index (κ3) is 2.42. The van der Waals surface area contributed by atoms with Crippen LogP contribution in [-0.2, 0) is 0 Å². The predicted octanol–water partition coefficient (Wildman–Crippen LogP) is 2.18. The van der Waals surface area contributed by atoms with Crippen molar-refractivity contribution in [3.8, 4) is 5.75 Å². The summed E-state index contributed by atoms with van der Waals surface area (Å²) in [7, 11) is 0. The first-order valence-corrected chi connectivity index (χ1v) is 5.72. The Labute approximate surface area is 109 Å². The van der Waals surface area contributed by atoms with Crippen molar-refractivity contribution in [2.24, 2.45) is 0 Å². The van der Waals surface area contributed by atoms with Gasteiger partial charge in [-0.05, 0) is 25.1 Å². The highest BCUT2D eigenvalue weighted by atomic mass is 16.3. The number of hydrogen-bond donors (Lipinski definition) is 2. The van der Waals surface area contributed by atoms with Crippen molar-refractivity contribution >= 4 is 22.7 Å². The first-order chi connectivity index (χ1) is 9.20. The molecule has 0 aliphatic heterocycles. The van der Waals surface area contributed by atoms with Gasteiger partial charge in [-0.25, -0.2) is 15.0 Å². The van der Waals surface area contributed by atoms with Crippen molar-refractivity contribution in [3.63, 3.8) is 0 Å². The molecule has 0 atom stereocenters. The topological polar surface area (TPSA) is 83.8 Å². The second-order valence-corrected chi connectivity index (χ2v) is 4.10. The highest BCUT2D eigenvalue weighted by Gasteiger charge is 2.02. The molecular weight excluding hydrogens is 242 g/mol. The fraction of sp³-hybridized carbons (Fsp3) is 0.0769. The molecule has 0 saturated carbocycles. The number of nitrogens with one attached hydrogen (secondary N) is 1. The van der Waals surface area contributed by atoms with Crippen molar-refractivity contribution < 1.29 is 5.11 Å². The smallest absolute Gasteiger partial charge is 0.228 e. The molecule has 0 bridgehead atoms. The van der Waals surface area contributed by atoms with E-state index < -0.39 is 0 Å². The van der Waals surface area contributed by atoms with E-state index in [1.165, 1.54) is 0 Å². The first-order valence-electron chi connectivity index (χ1n) is 5.72. The molecule has 2 aromatic heterocycles. The Morgan fingerprint density at radius 1 is 1.05 bits per heavy atom. The zero-order valence-electron chi connectivity index (χ0n) is 10.2. The molecule has 2 heterocycles. The number of aromatic nitrogens is 4. The molecule has 0 aliphatic carbocycles. The minimum atomic E-state index is 0.196. The van der Waals surface area contributed by atoms with E-state index in [1.54, 1.807) is 36.8 Å². The molecule has 0 radical (unpaired) electrons. The minimum Gasteiger partial charge on any atom is -0.508 e. The van der Waals surface area contributed by atoms with E-state index in [-0.39, 0.29) is 5.75 Å². The summed E-state index contributed by atoms with van der Waals surface area (Å²) in [5, 5.41) is 13.1. The summed E-state index contributed by atoms with van der Waals surface area (Å²) < 4.78 is 0. The zero-order valence-corrected chi connectivity index (χ0v) is 10.2. The van der Waals surface area contributed by atoms with Gasteiger partial charge in [0.15, 0.2) is 5.82 Å². The van der Waals surface area contributed by atoms with E-state index in [0.717, 1.165) is 16.6 Å². The largest absolute Gasteiger partial charge is 0.508 e. The normalized spacial score (nSPS) is 10.6. The lowest BCUT2D eigenvalue weighted by Gasteiger charge is -2.04. The number of phenols is 1. The Hall–Kier alpha value is -2.76. The maximum atomic E-state index is 9.37. The quantitative estimate of drug-likeness (QED) is 0.728. The average Bonchev–Trinajstić information content (AvgIpc) is 2.42. The zero-order chi connectivity index (χ0) is 13.2. The lowest BCUT2D eigenvalue weighted by Crippen LogP contribution is -1.99. The van der Waals surface area contributed by atoms with Crippen molar-refractivity contribution in [2.75, 3.05) is 5.32 Å². The van der Waals surface area contributed by atoms with Gasteiger partial charge in [0, 0.05) is 11.6 Å². The van der Waals surface area contributed by atoms with Crippen LogP contribution in [0.4, 0.5) is 11.8 Å². The van der Waals surface area contributed by atoms with E-state index in [2.05, 4.69) is 25.3 Å². The predicted molar refractivity (Wildman–Crippen MR) is 71.3 cm³/mol. The summed E-state index contributed by atoms with van der Waals surface area (Å²) in [6, 6.07) is 4.94. The van der Waals surface area contributed by atoms with E-state index >= 15 is 0 Å². The lowest BCUT2D eigenvalue weighted by molar-refractivity contribution is 0.476. The van der Waals surface area contributed by atoms with Gasteiger partial charge in [-0.15, -0.1) is 0 Å². The summed E-state index contributed by atoms with van der Waals surface area (Å²) in [4.78, 5) is 16.8. The van der Waals surface area contributed by atoms with Gasteiger partial charge in [0.1, 0.15) is 5.75 Å². The van der Waals surface area contributed by atoms with E-state index in [0.29, 0.717) is 11.8 Å². The number of phenolic OH excluding ortho intramolecular Hbond substituents is 1. The molecule has 0 amide bonds. The maximum Gasteiger partial charge on any atom is 0.228 e. The summed E-state index contributed by atoms with van der Waals surface area (Å²) >= 11 is 0. The Balaban J connectivity index is 1.93. The van der Waals surface area contributed by atoms with Crippen molar-refractivity contribution in [3.05, 3.63) is 42.5 Å². The van der Waals surface area contributed by atoms with Crippen LogP contribution in [0.25, 0.3) is 10.9 Å². The standard InChI is InChI=1S/C13H11N5O/c1-8-5-15-12(7-14-8)18-13-16-6-9-4-10(19)2-3-11(9)17-13/h2-7,19H,1H3,(H,15,16,17,18). The molecule has 0 unspecified atom stereocenters. The number of benzene rings is 1. The summed E-state index contributed by atoms with van der Waals surface area (Å²) in [6.07, 6.45) is 4.94. The fourth-order valence-electron chi connectivity index (χ4n) is 1.65. The van der Waals surface area contributed by atoms with Crippen LogP contribution in [0, 0.1) is 6.92 Å². The highest BCUT2D eigenvalue weighted by Crippen LogP contribution is 2.19. The van der Waals surface area contributed by atoms with E-state index in [4.69, 9.17) is 0 Å². The highest BCUT2D eigenvalue weighted by molar-refractivity contribution is 5.80. The van der Waals surface area contributed by atoms with Crippen molar-refractivity contribution in [2.45, 2.75) is 6.92 Å². The van der Waals surface area contributed by atoms with Crippen LogP contribution < -0.4 is 5.32 Å². The monoisotopic (exact) mass is 253 g/mol. The number of fused-ring (bicyclic) bond motifs is 1. The number of aromatic hydroxyl groups is 1. The Morgan fingerprint density at radius 3 is 2.74 bits per heavy atom. The molecule has 2 N–H and O–H groups in total. The van der Waals surface area contributed by atoms with Gasteiger partial charge in [-0.1, -0.05) is 0 Å². The van der Waals surface area contributed by atoms with Crippen molar-refractivity contribution in [1.82, 2.24) is 19.9 Å². The van der Waals surface area contributed by atoms with Crippen LogP contribution in [-0.4, -0.2) is 25.0 Å². The van der Waals surface area contributed by atoms with Gasteiger partial charge in [-0.2, -0.15) is 0 Å². The first kappa shape index (κ1) is 11.3. The third-order valence-electron chi connectivity index (χ3n) is 2.58. The molecule has 0 saturated heterocycles. The molecule has 94 valence electrons. The Bertz CT molecular complexity index is 727. The SMILES string of the molecule is Cc1cnc(Nc2ncc3cc(O)ccc3n2)cn1. The minimum absolute atomic E-state index is 0.196. The van der Waals surface area contributed by atoms with E-state index in [1.807, 2.05) is 6.92 Å². The van der Waals surface area contributed by atoms with Gasteiger partial charge >= 0.3 is 0 Å². The number of nitrogens with zero attached hydrogens (tertiary/aromatic N) is 4. The van der Waals surface area contributed by atoms with Crippen LogP contribution >= 0.6 is 0 Å². The van der Waals surface area contributed by atoms with Gasteiger partial charge < -0.3 is 10.4 Å². The molecule has 1 aromatic carbocycles. The number of hydrogen-bond acceptors (Lipinski definition) is 6. The Morgan fingerprint density at radius 2 is 1.95 bits per heavy atom.